The van der Waals surface area contributed by atoms with Gasteiger partial charge in [-0.15, -0.1) is 0 Å². The fourth-order valence-corrected chi connectivity index (χ4v) is 2.39. The molecular weight excluding hydrogens is 338 g/mol. The van der Waals surface area contributed by atoms with Gasteiger partial charge in [0.2, 0.25) is 0 Å². The van der Waals surface area contributed by atoms with Crippen LogP contribution in [0.25, 0.3) is 0 Å². The zero-order chi connectivity index (χ0) is 19.1. The lowest BCUT2D eigenvalue weighted by atomic mass is 10.0. The van der Waals surface area contributed by atoms with Crippen molar-refractivity contribution in [2.75, 3.05) is 19.0 Å². The number of nitrogens with zero attached hydrogens (tertiary/aromatic N) is 1. The highest BCUT2D eigenvalue weighted by Gasteiger charge is 2.18. The maximum Gasteiger partial charge on any atom is 0.313 e. The molecule has 0 heterocycles. The topological polar surface area (TPSA) is 111 Å². The molecule has 136 valence electrons. The number of nitro benzene ring substituents is 1. The molecule has 0 fully saturated rings. The number of amides is 2. The summed E-state index contributed by atoms with van der Waals surface area (Å²) in [5.41, 5.74) is 2.13. The van der Waals surface area contributed by atoms with Gasteiger partial charge in [0.1, 0.15) is 0 Å². The van der Waals surface area contributed by atoms with Crippen molar-refractivity contribution in [2.45, 2.75) is 13.0 Å². The molecule has 0 aliphatic heterocycles. The molecule has 0 aliphatic rings. The van der Waals surface area contributed by atoms with E-state index in [-0.39, 0.29) is 24.0 Å². The largest absolute Gasteiger partial charge is 0.375 e. The van der Waals surface area contributed by atoms with Crippen molar-refractivity contribution >= 4 is 23.2 Å². The molecule has 2 aromatic rings. The van der Waals surface area contributed by atoms with Gasteiger partial charge < -0.3 is 15.4 Å². The molecule has 0 aromatic heterocycles. The fourth-order valence-electron chi connectivity index (χ4n) is 2.39. The summed E-state index contributed by atoms with van der Waals surface area (Å²) in [6.07, 6.45) is -0.382. The minimum absolute atomic E-state index is 0.103. The van der Waals surface area contributed by atoms with E-state index in [0.29, 0.717) is 0 Å². The normalized spacial score (nSPS) is 11.5. The first kappa shape index (κ1) is 19.1. The van der Waals surface area contributed by atoms with Crippen molar-refractivity contribution in [1.29, 1.82) is 0 Å². The first-order valence-corrected chi connectivity index (χ1v) is 7.84. The molecule has 8 nitrogen and oxygen atoms in total. The summed E-state index contributed by atoms with van der Waals surface area (Å²) in [4.78, 5) is 34.0. The van der Waals surface area contributed by atoms with E-state index in [1.807, 2.05) is 31.2 Å². The lowest BCUT2D eigenvalue weighted by Gasteiger charge is -2.18. The summed E-state index contributed by atoms with van der Waals surface area (Å²) in [5, 5.41) is 15.5. The van der Waals surface area contributed by atoms with Crippen LogP contribution in [0.4, 0.5) is 11.4 Å². The number of hydrogen-bond donors (Lipinski definition) is 2. The van der Waals surface area contributed by atoms with Crippen LogP contribution in [0.15, 0.2) is 48.5 Å². The van der Waals surface area contributed by atoms with Crippen LogP contribution in [0.3, 0.4) is 0 Å². The molecule has 2 rings (SSSR count). The first-order valence-electron chi connectivity index (χ1n) is 7.84. The summed E-state index contributed by atoms with van der Waals surface area (Å²) in [6, 6.07) is 12.8. The smallest absolute Gasteiger partial charge is 0.313 e. The molecule has 1 atom stereocenters. The monoisotopic (exact) mass is 357 g/mol. The van der Waals surface area contributed by atoms with Gasteiger partial charge in [-0.05, 0) is 30.2 Å². The number of nitro groups is 1. The summed E-state index contributed by atoms with van der Waals surface area (Å²) in [7, 11) is 1.53. The Morgan fingerprint density at radius 2 is 1.77 bits per heavy atom. The van der Waals surface area contributed by atoms with Crippen molar-refractivity contribution in [3.63, 3.8) is 0 Å². The third-order valence-corrected chi connectivity index (χ3v) is 3.81. The number of anilines is 1. The molecule has 0 bridgehead atoms. The fraction of sp³-hybridized carbons (Fsp3) is 0.222. The van der Waals surface area contributed by atoms with Gasteiger partial charge in [0.05, 0.1) is 11.0 Å². The van der Waals surface area contributed by atoms with Gasteiger partial charge in [-0.1, -0.05) is 24.3 Å². The summed E-state index contributed by atoms with van der Waals surface area (Å²) < 4.78 is 5.39. The summed E-state index contributed by atoms with van der Waals surface area (Å²) >= 11 is 0. The SMILES string of the molecule is COC(CNC(=O)C(=O)Nc1ccc([N+](=O)[O-])cc1)c1ccccc1C. The number of hydrogen-bond acceptors (Lipinski definition) is 5. The maximum absolute atomic E-state index is 12.0. The van der Waals surface area contributed by atoms with Crippen LogP contribution in [0.1, 0.15) is 17.2 Å². The summed E-state index contributed by atoms with van der Waals surface area (Å²) in [5.74, 6) is -1.68. The highest BCUT2D eigenvalue weighted by Crippen LogP contribution is 2.19. The molecule has 0 radical (unpaired) electrons. The lowest BCUT2D eigenvalue weighted by molar-refractivity contribution is -0.384. The quantitative estimate of drug-likeness (QED) is 0.468. The van der Waals surface area contributed by atoms with E-state index in [0.717, 1.165) is 11.1 Å². The van der Waals surface area contributed by atoms with Gasteiger partial charge in [0.15, 0.2) is 0 Å². The molecule has 0 spiro atoms. The molecule has 1 unspecified atom stereocenters. The number of rotatable bonds is 6. The van der Waals surface area contributed by atoms with E-state index in [1.54, 1.807) is 0 Å². The Labute approximate surface area is 150 Å². The number of aryl methyl sites for hydroxylation is 1. The molecule has 0 saturated heterocycles. The second-order valence-corrected chi connectivity index (χ2v) is 5.55. The third kappa shape index (κ3) is 4.87. The molecule has 0 saturated carbocycles. The Hall–Kier alpha value is -3.26. The Bertz CT molecular complexity index is 805. The summed E-state index contributed by atoms with van der Waals surface area (Å²) in [6.45, 7) is 2.07. The highest BCUT2D eigenvalue weighted by molar-refractivity contribution is 6.39. The van der Waals surface area contributed by atoms with Gasteiger partial charge in [-0.2, -0.15) is 0 Å². The average Bonchev–Trinajstić information content (AvgIpc) is 2.63. The lowest BCUT2D eigenvalue weighted by Crippen LogP contribution is -2.38. The molecule has 0 aliphatic carbocycles. The number of nitrogens with one attached hydrogen (secondary N) is 2. The molecule has 2 N–H and O–H groups in total. The number of carbonyl (C=O) groups excluding carboxylic acids is 2. The van der Waals surface area contributed by atoms with Crippen LogP contribution < -0.4 is 10.6 Å². The van der Waals surface area contributed by atoms with Crippen LogP contribution in [-0.2, 0) is 14.3 Å². The molecular formula is C18H19N3O5. The second-order valence-electron chi connectivity index (χ2n) is 5.55. The van der Waals surface area contributed by atoms with Crippen LogP contribution in [-0.4, -0.2) is 30.4 Å². The molecule has 8 heteroatoms. The molecule has 2 aromatic carbocycles. The van der Waals surface area contributed by atoms with Crippen LogP contribution in [0, 0.1) is 17.0 Å². The van der Waals surface area contributed by atoms with E-state index < -0.39 is 16.7 Å². The predicted molar refractivity (Wildman–Crippen MR) is 95.7 cm³/mol. The molecule has 2 amide bonds. The van der Waals surface area contributed by atoms with Gasteiger partial charge in [0.25, 0.3) is 5.69 Å². The first-order chi connectivity index (χ1) is 12.4. The standard InChI is InChI=1S/C18H19N3O5/c1-12-5-3-4-6-15(12)16(26-2)11-19-17(22)18(23)20-13-7-9-14(10-8-13)21(24)25/h3-10,16H,11H2,1-2H3,(H,19,22)(H,20,23). The highest BCUT2D eigenvalue weighted by atomic mass is 16.6. The minimum Gasteiger partial charge on any atom is -0.375 e. The molecule has 26 heavy (non-hydrogen) atoms. The Morgan fingerprint density at radius 3 is 2.35 bits per heavy atom. The van der Waals surface area contributed by atoms with Gasteiger partial charge in [-0.3, -0.25) is 19.7 Å². The maximum atomic E-state index is 12.0. The van der Waals surface area contributed by atoms with Crippen LogP contribution in [0.2, 0.25) is 0 Å². The van der Waals surface area contributed by atoms with Crippen LogP contribution in [0.5, 0.6) is 0 Å². The zero-order valence-corrected chi connectivity index (χ0v) is 14.4. The van der Waals surface area contributed by atoms with E-state index in [1.165, 1.54) is 31.4 Å². The van der Waals surface area contributed by atoms with E-state index in [9.17, 15) is 19.7 Å². The Morgan fingerprint density at radius 1 is 1.12 bits per heavy atom. The number of ether oxygens (including phenoxy) is 1. The third-order valence-electron chi connectivity index (χ3n) is 3.81. The minimum atomic E-state index is -0.863. The van der Waals surface area contributed by atoms with Gasteiger partial charge in [0, 0.05) is 31.5 Å². The Balaban J connectivity index is 1.93. The van der Waals surface area contributed by atoms with Gasteiger partial charge >= 0.3 is 11.8 Å². The number of benzene rings is 2. The van der Waals surface area contributed by atoms with E-state index in [4.69, 9.17) is 4.74 Å². The van der Waals surface area contributed by atoms with E-state index in [2.05, 4.69) is 10.6 Å². The van der Waals surface area contributed by atoms with Crippen molar-refractivity contribution < 1.29 is 19.2 Å². The van der Waals surface area contributed by atoms with Crippen molar-refractivity contribution in [3.8, 4) is 0 Å². The van der Waals surface area contributed by atoms with Crippen molar-refractivity contribution in [3.05, 3.63) is 69.8 Å². The van der Waals surface area contributed by atoms with Crippen molar-refractivity contribution in [1.82, 2.24) is 5.32 Å². The number of methoxy groups -OCH3 is 1. The number of carbonyl (C=O) groups is 2. The second kappa shape index (κ2) is 8.72. The van der Waals surface area contributed by atoms with Crippen molar-refractivity contribution in [2.24, 2.45) is 0 Å². The predicted octanol–water partition coefficient (Wildman–Crippen LogP) is 2.35. The number of non-ortho nitro benzene ring substituents is 1. The Kier molecular flexibility index (Phi) is 6.40. The average molecular weight is 357 g/mol. The van der Waals surface area contributed by atoms with Crippen LogP contribution >= 0.6 is 0 Å². The van der Waals surface area contributed by atoms with E-state index >= 15 is 0 Å². The van der Waals surface area contributed by atoms with Gasteiger partial charge in [-0.25, -0.2) is 0 Å². The zero-order valence-electron chi connectivity index (χ0n) is 14.4.